The highest BCUT2D eigenvalue weighted by Crippen LogP contribution is 2.50. The summed E-state index contributed by atoms with van der Waals surface area (Å²) in [7, 11) is 1.64. The van der Waals surface area contributed by atoms with Crippen molar-refractivity contribution in [1.29, 1.82) is 0 Å². The molecule has 0 amide bonds. The predicted molar refractivity (Wildman–Crippen MR) is 156 cm³/mol. The second kappa shape index (κ2) is 10.9. The molecular formula is C29H36N8O3S. The number of hydrogen-bond acceptors (Lipinski definition) is 12. The summed E-state index contributed by atoms with van der Waals surface area (Å²) in [5.74, 6) is 3.28. The van der Waals surface area contributed by atoms with Crippen LogP contribution >= 0.6 is 11.8 Å². The largest absolute Gasteiger partial charge is 0.486 e. The summed E-state index contributed by atoms with van der Waals surface area (Å²) < 4.78 is 16.9. The number of nitrogens with zero attached hydrogens (tertiary/aromatic N) is 6. The molecule has 0 saturated carbocycles. The third-order valence-electron chi connectivity index (χ3n) is 9.08. The van der Waals surface area contributed by atoms with Gasteiger partial charge in [0.25, 0.3) is 0 Å². The van der Waals surface area contributed by atoms with Crippen LogP contribution in [0.3, 0.4) is 0 Å². The maximum Gasteiger partial charge on any atom is 0.175 e. The minimum Gasteiger partial charge on any atom is -0.486 e. The molecule has 4 aliphatic rings. The molecule has 41 heavy (non-hydrogen) atoms. The fraction of sp³-hybridized carbons (Fsp3) is 0.517. The molecular weight excluding hydrogens is 540 g/mol. The average molecular weight is 577 g/mol. The lowest BCUT2D eigenvalue weighted by Crippen LogP contribution is -2.44. The minimum absolute atomic E-state index is 0.0301. The molecule has 0 unspecified atom stereocenters. The Morgan fingerprint density at radius 2 is 2.05 bits per heavy atom. The summed E-state index contributed by atoms with van der Waals surface area (Å²) in [6.45, 7) is 4.21. The first-order valence-corrected chi connectivity index (χ1v) is 15.1. The maximum atomic E-state index is 6.73. The highest BCUT2D eigenvalue weighted by atomic mass is 32.2. The molecule has 11 nitrogen and oxygen atoms in total. The average Bonchev–Trinajstić information content (AvgIpc) is 3.53. The predicted octanol–water partition coefficient (Wildman–Crippen LogP) is 3.05. The van der Waals surface area contributed by atoms with E-state index >= 15 is 0 Å². The van der Waals surface area contributed by atoms with Crippen molar-refractivity contribution in [3.8, 4) is 5.75 Å². The van der Waals surface area contributed by atoms with Gasteiger partial charge in [-0.05, 0) is 48.8 Å². The molecule has 1 aliphatic carbocycles. The lowest BCUT2D eigenvalue weighted by Gasteiger charge is -2.42. The van der Waals surface area contributed by atoms with Crippen molar-refractivity contribution < 1.29 is 14.2 Å². The van der Waals surface area contributed by atoms with E-state index in [1.807, 2.05) is 30.7 Å². The van der Waals surface area contributed by atoms with Crippen molar-refractivity contribution in [3.05, 3.63) is 48.0 Å². The number of fused-ring (bicyclic) bond motifs is 4. The molecule has 2 fully saturated rings. The molecule has 2 saturated heterocycles. The number of nitrogens with two attached hydrogens (primary N) is 2. The van der Waals surface area contributed by atoms with Crippen LogP contribution in [0.25, 0.3) is 0 Å². The quantitative estimate of drug-likeness (QED) is 0.316. The van der Waals surface area contributed by atoms with Gasteiger partial charge in [-0.2, -0.15) is 0 Å². The Balaban J connectivity index is 1.02. The maximum absolute atomic E-state index is 6.73. The van der Waals surface area contributed by atoms with E-state index in [4.69, 9.17) is 35.6 Å². The molecule has 0 bridgehead atoms. The zero-order chi connectivity index (χ0) is 28.0. The van der Waals surface area contributed by atoms with Gasteiger partial charge in [-0.25, -0.2) is 15.0 Å². The fourth-order valence-corrected chi connectivity index (χ4v) is 7.75. The van der Waals surface area contributed by atoms with E-state index in [1.54, 1.807) is 7.11 Å². The van der Waals surface area contributed by atoms with E-state index in [0.29, 0.717) is 42.8 Å². The lowest BCUT2D eigenvalue weighted by molar-refractivity contribution is -0.0414. The van der Waals surface area contributed by atoms with Crippen LogP contribution < -0.4 is 26.0 Å². The highest BCUT2D eigenvalue weighted by molar-refractivity contribution is 7.99. The Bertz CT molecular complexity index is 1420. The Kier molecular flexibility index (Phi) is 7.10. The van der Waals surface area contributed by atoms with Gasteiger partial charge in [-0.1, -0.05) is 17.8 Å². The summed E-state index contributed by atoms with van der Waals surface area (Å²) >= 11 is 1.47. The SMILES string of the molecule is COCOC[C@H]1C[C@H]2COc3c(Sc4ncc(N5CCC6(CC5)Cc5ncccc5[C@H]6N)nc4N)ccnc3N2C1. The van der Waals surface area contributed by atoms with Crippen LogP contribution in [0.15, 0.2) is 46.7 Å². The number of pyridine rings is 2. The van der Waals surface area contributed by atoms with Gasteiger partial charge in [0.2, 0.25) is 0 Å². The van der Waals surface area contributed by atoms with Gasteiger partial charge in [0.15, 0.2) is 17.4 Å². The van der Waals surface area contributed by atoms with Gasteiger partial charge in [-0.15, -0.1) is 0 Å². The molecule has 3 aliphatic heterocycles. The third kappa shape index (κ3) is 4.86. The fourth-order valence-electron chi connectivity index (χ4n) is 6.91. The zero-order valence-electron chi connectivity index (χ0n) is 23.2. The number of aromatic nitrogens is 4. The molecule has 3 atom stereocenters. The van der Waals surface area contributed by atoms with Gasteiger partial charge in [0, 0.05) is 56.8 Å². The van der Waals surface area contributed by atoms with Crippen LogP contribution in [0.5, 0.6) is 5.75 Å². The van der Waals surface area contributed by atoms with E-state index in [0.717, 1.165) is 73.3 Å². The van der Waals surface area contributed by atoms with Crippen LogP contribution in [0, 0.1) is 11.3 Å². The summed E-state index contributed by atoms with van der Waals surface area (Å²) in [4.78, 5) is 24.3. The monoisotopic (exact) mass is 576 g/mol. The lowest BCUT2D eigenvalue weighted by atomic mass is 9.73. The van der Waals surface area contributed by atoms with Gasteiger partial charge in [-0.3, -0.25) is 4.98 Å². The smallest absolute Gasteiger partial charge is 0.175 e. The van der Waals surface area contributed by atoms with Crippen molar-refractivity contribution in [2.24, 2.45) is 17.1 Å². The number of ether oxygens (including phenoxy) is 3. The molecule has 0 radical (unpaired) electrons. The summed E-state index contributed by atoms with van der Waals surface area (Å²) in [5.41, 5.74) is 15.6. The molecule has 3 aromatic heterocycles. The first kappa shape index (κ1) is 26.7. The highest BCUT2D eigenvalue weighted by Gasteiger charge is 2.46. The van der Waals surface area contributed by atoms with E-state index in [9.17, 15) is 0 Å². The third-order valence-corrected chi connectivity index (χ3v) is 10.1. The van der Waals surface area contributed by atoms with Crippen molar-refractivity contribution in [1.82, 2.24) is 19.9 Å². The topological polar surface area (TPSA) is 138 Å². The van der Waals surface area contributed by atoms with Crippen molar-refractivity contribution in [3.63, 3.8) is 0 Å². The van der Waals surface area contributed by atoms with E-state index in [2.05, 4.69) is 25.8 Å². The van der Waals surface area contributed by atoms with Gasteiger partial charge in [0.1, 0.15) is 24.2 Å². The molecule has 7 rings (SSSR count). The van der Waals surface area contributed by atoms with Gasteiger partial charge < -0.3 is 35.5 Å². The summed E-state index contributed by atoms with van der Waals surface area (Å²) in [5, 5.41) is 0.660. The number of methoxy groups -OCH3 is 1. The van der Waals surface area contributed by atoms with Crippen LogP contribution in [-0.2, 0) is 15.9 Å². The van der Waals surface area contributed by atoms with Gasteiger partial charge >= 0.3 is 0 Å². The van der Waals surface area contributed by atoms with Gasteiger partial charge in [0.05, 0.1) is 23.7 Å². The Labute approximate surface area is 244 Å². The number of hydrogen-bond donors (Lipinski definition) is 2. The molecule has 1 spiro atoms. The molecule has 3 aromatic rings. The first-order chi connectivity index (χ1) is 20.0. The second-order valence-electron chi connectivity index (χ2n) is 11.5. The standard InChI is InChI=1S/C29H36N8O3S/c1-38-17-39-15-18-11-19-16-40-24-22(4-8-33-27(24)37(19)14-18)41-28-26(31)35-23(13-34-28)36-9-5-29(6-10-36)12-21-20(25(29)30)3-2-7-32-21/h2-4,7-8,13,18-19,25H,5-6,9-12,14-17,30H2,1H3,(H2,31,35)/t18-,19-,25+/m0/s1. The zero-order valence-corrected chi connectivity index (χ0v) is 24.1. The first-order valence-electron chi connectivity index (χ1n) is 14.2. The number of rotatable bonds is 7. The number of anilines is 3. The molecule has 4 N–H and O–H groups in total. The summed E-state index contributed by atoms with van der Waals surface area (Å²) in [6, 6.07) is 6.39. The molecule has 216 valence electrons. The molecule has 12 heteroatoms. The number of piperidine rings is 1. The van der Waals surface area contributed by atoms with Crippen molar-refractivity contribution >= 4 is 29.2 Å². The van der Waals surface area contributed by atoms with Crippen LogP contribution in [0.2, 0.25) is 0 Å². The minimum atomic E-state index is 0.0301. The number of nitrogen functional groups attached to an aromatic ring is 1. The van der Waals surface area contributed by atoms with Crippen molar-refractivity contribution in [2.75, 3.05) is 62.3 Å². The Morgan fingerprint density at radius 1 is 1.17 bits per heavy atom. The van der Waals surface area contributed by atoms with Crippen LogP contribution in [-0.4, -0.2) is 72.7 Å². The van der Waals surface area contributed by atoms with E-state index in [-0.39, 0.29) is 11.5 Å². The van der Waals surface area contributed by atoms with Crippen LogP contribution in [0.1, 0.15) is 36.6 Å². The van der Waals surface area contributed by atoms with E-state index < -0.39 is 0 Å². The normalized spacial score (nSPS) is 24.2. The summed E-state index contributed by atoms with van der Waals surface area (Å²) in [6.07, 6.45) is 9.45. The van der Waals surface area contributed by atoms with E-state index in [1.165, 1.54) is 17.3 Å². The van der Waals surface area contributed by atoms with Crippen LogP contribution in [0.4, 0.5) is 17.5 Å². The Morgan fingerprint density at radius 3 is 2.85 bits per heavy atom. The van der Waals surface area contributed by atoms with Crippen molar-refractivity contribution in [2.45, 2.75) is 47.7 Å². The molecule has 6 heterocycles. The molecule has 0 aromatic carbocycles. The second-order valence-corrected chi connectivity index (χ2v) is 12.6. The Hall–Kier alpha value is -3.19.